The zero-order chi connectivity index (χ0) is 25.7. The average Bonchev–Trinajstić information content (AvgIpc) is 3.25. The summed E-state index contributed by atoms with van der Waals surface area (Å²) in [5.41, 5.74) is 10.6. The van der Waals surface area contributed by atoms with Gasteiger partial charge in [0, 0.05) is 14.8 Å². The Hall–Kier alpha value is -4.25. The van der Waals surface area contributed by atoms with Gasteiger partial charge < -0.3 is 10.8 Å². The molecule has 0 aliphatic heterocycles. The molecule has 3 aromatic carbocycles. The molecule has 8 nitrogen and oxygen atoms in total. The van der Waals surface area contributed by atoms with E-state index in [1.807, 2.05) is 55.5 Å². The summed E-state index contributed by atoms with van der Waals surface area (Å²) in [4.78, 5) is 22.6. The van der Waals surface area contributed by atoms with Crippen LogP contribution < -0.4 is 11.3 Å². The molecule has 0 amide bonds. The summed E-state index contributed by atoms with van der Waals surface area (Å²) in [5, 5.41) is 16.8. The first kappa shape index (κ1) is 23.2. The van der Waals surface area contributed by atoms with Crippen LogP contribution in [0.5, 0.6) is 5.75 Å². The number of fused-ring (bicyclic) bond motifs is 2. The molecule has 3 heterocycles. The lowest BCUT2D eigenvalue weighted by Crippen LogP contribution is -2.25. The van der Waals surface area contributed by atoms with E-state index >= 15 is 0 Å². The predicted molar refractivity (Wildman–Crippen MR) is 153 cm³/mol. The summed E-state index contributed by atoms with van der Waals surface area (Å²) in [6.45, 7) is 2.23. The molecule has 0 saturated heterocycles. The molecule has 0 spiro atoms. The van der Waals surface area contributed by atoms with Crippen LogP contribution in [0.15, 0.2) is 83.9 Å². The standard InChI is InChI=1S/C28H21IN6O2/c1-16-5-4-6-18-13-19(35(28(37)23(16)18)22-8-3-2-7-21(22)29)14-34-27-24(26(30)31-15-32-27)25(33-34)17-9-11-20(36)12-10-17/h2-13,15,36H,14H2,1H3,(H2,30,31,32). The summed E-state index contributed by atoms with van der Waals surface area (Å²) in [6.07, 6.45) is 1.41. The third-order valence-electron chi connectivity index (χ3n) is 6.44. The van der Waals surface area contributed by atoms with Crippen LogP contribution in [0.25, 0.3) is 38.8 Å². The Morgan fingerprint density at radius 3 is 2.54 bits per heavy atom. The molecule has 0 aliphatic carbocycles. The molecular formula is C28H21IN6O2. The number of aromatic nitrogens is 5. The maximum atomic E-state index is 13.9. The number of nitrogen functional groups attached to an aromatic ring is 1. The fraction of sp³-hybridized carbons (Fsp3) is 0.0714. The first-order valence-corrected chi connectivity index (χ1v) is 12.7. The summed E-state index contributed by atoms with van der Waals surface area (Å²) in [7, 11) is 0. The van der Waals surface area contributed by atoms with E-state index in [0.717, 1.165) is 31.5 Å². The van der Waals surface area contributed by atoms with E-state index < -0.39 is 0 Å². The van der Waals surface area contributed by atoms with Gasteiger partial charge in [0.1, 0.15) is 23.6 Å². The van der Waals surface area contributed by atoms with Crippen LogP contribution in [0.4, 0.5) is 5.82 Å². The van der Waals surface area contributed by atoms with Crippen molar-refractivity contribution in [2.75, 3.05) is 5.73 Å². The molecule has 6 rings (SSSR count). The van der Waals surface area contributed by atoms with Crippen LogP contribution in [0.2, 0.25) is 0 Å². The Kier molecular flexibility index (Phi) is 5.64. The molecule has 0 saturated carbocycles. The fourth-order valence-corrected chi connectivity index (χ4v) is 5.35. The van der Waals surface area contributed by atoms with Crippen molar-refractivity contribution in [2.24, 2.45) is 0 Å². The number of nitrogens with two attached hydrogens (primary N) is 1. The Bertz CT molecular complexity index is 1880. The zero-order valence-electron chi connectivity index (χ0n) is 19.8. The highest BCUT2D eigenvalue weighted by Gasteiger charge is 2.20. The van der Waals surface area contributed by atoms with Gasteiger partial charge in [0.25, 0.3) is 5.56 Å². The third kappa shape index (κ3) is 3.91. The molecule has 0 atom stereocenters. The minimum atomic E-state index is -0.0842. The number of pyridine rings is 1. The Labute approximate surface area is 225 Å². The number of rotatable bonds is 4. The normalized spacial score (nSPS) is 11.4. The van der Waals surface area contributed by atoms with E-state index in [1.165, 1.54) is 6.33 Å². The van der Waals surface area contributed by atoms with Gasteiger partial charge in [0.15, 0.2) is 5.65 Å². The summed E-state index contributed by atoms with van der Waals surface area (Å²) in [6, 6.07) is 22.4. The van der Waals surface area contributed by atoms with Crippen LogP contribution in [0.3, 0.4) is 0 Å². The average molecular weight is 600 g/mol. The van der Waals surface area contributed by atoms with Crippen molar-refractivity contribution >= 4 is 50.2 Å². The van der Waals surface area contributed by atoms with Crippen molar-refractivity contribution in [1.29, 1.82) is 0 Å². The van der Waals surface area contributed by atoms with Gasteiger partial charge in [-0.3, -0.25) is 9.36 Å². The lowest BCUT2D eigenvalue weighted by Gasteiger charge is -2.17. The second kappa shape index (κ2) is 9.00. The van der Waals surface area contributed by atoms with E-state index in [2.05, 4.69) is 32.6 Å². The molecule has 9 heteroatoms. The van der Waals surface area contributed by atoms with Gasteiger partial charge in [0.2, 0.25) is 0 Å². The Morgan fingerprint density at radius 2 is 1.76 bits per heavy atom. The second-order valence-corrected chi connectivity index (χ2v) is 9.94. The number of benzene rings is 3. The Morgan fingerprint density at radius 1 is 0.973 bits per heavy atom. The molecule has 0 fully saturated rings. The largest absolute Gasteiger partial charge is 0.508 e. The quantitative estimate of drug-likeness (QED) is 0.274. The van der Waals surface area contributed by atoms with E-state index in [0.29, 0.717) is 27.9 Å². The lowest BCUT2D eigenvalue weighted by molar-refractivity contribution is 0.475. The topological polar surface area (TPSA) is 112 Å². The lowest BCUT2D eigenvalue weighted by atomic mass is 10.1. The maximum Gasteiger partial charge on any atom is 0.263 e. The first-order valence-electron chi connectivity index (χ1n) is 11.6. The number of phenols is 1. The minimum Gasteiger partial charge on any atom is -0.508 e. The van der Waals surface area contributed by atoms with Crippen molar-refractivity contribution < 1.29 is 5.11 Å². The second-order valence-electron chi connectivity index (χ2n) is 8.78. The van der Waals surface area contributed by atoms with Crippen molar-refractivity contribution in [3.8, 4) is 22.7 Å². The molecule has 3 aromatic heterocycles. The smallest absolute Gasteiger partial charge is 0.263 e. The van der Waals surface area contributed by atoms with Crippen LogP contribution in [-0.2, 0) is 6.54 Å². The van der Waals surface area contributed by atoms with E-state index in [-0.39, 0.29) is 17.9 Å². The van der Waals surface area contributed by atoms with Crippen molar-refractivity contribution in [3.63, 3.8) is 0 Å². The molecule has 0 unspecified atom stereocenters. The number of aryl methyl sites for hydroxylation is 1. The van der Waals surface area contributed by atoms with Crippen LogP contribution >= 0.6 is 22.6 Å². The number of halogens is 1. The minimum absolute atomic E-state index is 0.0842. The maximum absolute atomic E-state index is 13.9. The van der Waals surface area contributed by atoms with Crippen LogP contribution in [-0.4, -0.2) is 29.4 Å². The molecule has 6 aromatic rings. The summed E-state index contributed by atoms with van der Waals surface area (Å²) < 4.78 is 4.46. The zero-order valence-corrected chi connectivity index (χ0v) is 21.9. The van der Waals surface area contributed by atoms with Crippen LogP contribution in [0.1, 0.15) is 11.3 Å². The summed E-state index contributed by atoms with van der Waals surface area (Å²) in [5.74, 6) is 0.466. The van der Waals surface area contributed by atoms with Gasteiger partial charge in [-0.1, -0.05) is 30.3 Å². The number of anilines is 1. The number of hydrogen-bond donors (Lipinski definition) is 2. The van der Waals surface area contributed by atoms with Crippen molar-refractivity contribution in [1.82, 2.24) is 24.3 Å². The molecule has 182 valence electrons. The first-order chi connectivity index (χ1) is 17.9. The SMILES string of the molecule is Cc1cccc2cc(Cn3nc(-c4ccc(O)cc4)c4c(N)ncnc43)n(-c3ccccc3I)c(=O)c12. The highest BCUT2D eigenvalue weighted by atomic mass is 127. The van der Waals surface area contributed by atoms with Crippen molar-refractivity contribution in [3.05, 3.63) is 104 Å². The molecule has 0 radical (unpaired) electrons. The number of para-hydroxylation sites is 1. The van der Waals surface area contributed by atoms with Gasteiger partial charge in [-0.2, -0.15) is 5.10 Å². The van der Waals surface area contributed by atoms with Crippen molar-refractivity contribution in [2.45, 2.75) is 13.5 Å². The van der Waals surface area contributed by atoms with Gasteiger partial charge in [0.05, 0.1) is 23.0 Å². The number of nitrogens with zero attached hydrogens (tertiary/aromatic N) is 5. The van der Waals surface area contributed by atoms with Gasteiger partial charge in [-0.25, -0.2) is 14.6 Å². The highest BCUT2D eigenvalue weighted by molar-refractivity contribution is 14.1. The third-order valence-corrected chi connectivity index (χ3v) is 7.35. The van der Waals surface area contributed by atoms with E-state index in [1.54, 1.807) is 33.5 Å². The predicted octanol–water partition coefficient (Wildman–Crippen LogP) is 5.05. The van der Waals surface area contributed by atoms with Crippen LogP contribution in [0, 0.1) is 10.5 Å². The molecule has 0 bridgehead atoms. The summed E-state index contributed by atoms with van der Waals surface area (Å²) >= 11 is 2.25. The fourth-order valence-electron chi connectivity index (χ4n) is 4.72. The molecule has 0 aliphatic rings. The van der Waals surface area contributed by atoms with Gasteiger partial charge >= 0.3 is 0 Å². The molecular weight excluding hydrogens is 579 g/mol. The van der Waals surface area contributed by atoms with E-state index in [9.17, 15) is 9.90 Å². The Balaban J connectivity index is 1.62. The number of aromatic hydroxyl groups is 1. The number of phenolic OH excluding ortho intramolecular Hbond substituents is 1. The monoisotopic (exact) mass is 600 g/mol. The molecule has 3 N–H and O–H groups in total. The molecule has 37 heavy (non-hydrogen) atoms. The van der Waals surface area contributed by atoms with E-state index in [4.69, 9.17) is 10.8 Å². The van der Waals surface area contributed by atoms with Gasteiger partial charge in [-0.05, 0) is 82.9 Å². The number of hydrogen-bond acceptors (Lipinski definition) is 6. The van der Waals surface area contributed by atoms with Gasteiger partial charge in [-0.15, -0.1) is 0 Å². The highest BCUT2D eigenvalue weighted by Crippen LogP contribution is 2.32.